The van der Waals surface area contributed by atoms with E-state index in [4.69, 9.17) is 18.9 Å². The van der Waals surface area contributed by atoms with E-state index in [0.717, 1.165) is 27.8 Å². The molecule has 0 fully saturated rings. The van der Waals surface area contributed by atoms with Gasteiger partial charge in [-0.25, -0.2) is 4.39 Å². The summed E-state index contributed by atoms with van der Waals surface area (Å²) in [6.45, 7) is 0. The maximum atomic E-state index is 15.0. The van der Waals surface area contributed by atoms with Crippen molar-refractivity contribution in [2.75, 3.05) is 28.4 Å². The third-order valence-electron chi connectivity index (χ3n) is 5.60. The normalized spacial score (nSPS) is 10.6. The lowest BCUT2D eigenvalue weighted by Crippen LogP contribution is -1.92. The standard InChI is InChI=1S/C28H25FO4/c1-30-25-13-10-21(16-27(25)32-3)19-7-5-18(6-8-19)20-9-12-23(24(29)15-20)22-11-14-26(31-2)28(17-22)33-4/h5-17H,1-4H3. The molecule has 5 heteroatoms. The van der Waals surface area contributed by atoms with Crippen molar-refractivity contribution in [1.82, 2.24) is 0 Å². The van der Waals surface area contributed by atoms with E-state index >= 15 is 4.39 Å². The summed E-state index contributed by atoms with van der Waals surface area (Å²) in [5.41, 5.74) is 4.99. The fraction of sp³-hybridized carbons (Fsp3) is 0.143. The molecule has 0 aliphatic carbocycles. The largest absolute Gasteiger partial charge is 0.493 e. The number of hydrogen-bond donors (Lipinski definition) is 0. The molecule has 0 atom stereocenters. The maximum Gasteiger partial charge on any atom is 0.161 e. The van der Waals surface area contributed by atoms with E-state index in [-0.39, 0.29) is 5.82 Å². The zero-order valence-corrected chi connectivity index (χ0v) is 19.0. The third kappa shape index (κ3) is 4.48. The van der Waals surface area contributed by atoms with Crippen LogP contribution in [-0.4, -0.2) is 28.4 Å². The lowest BCUT2D eigenvalue weighted by molar-refractivity contribution is 0.355. The van der Waals surface area contributed by atoms with Crippen molar-refractivity contribution in [3.05, 3.63) is 84.7 Å². The highest BCUT2D eigenvalue weighted by Crippen LogP contribution is 2.36. The molecule has 0 saturated carbocycles. The summed E-state index contributed by atoms with van der Waals surface area (Å²) in [7, 11) is 6.36. The van der Waals surface area contributed by atoms with Crippen LogP contribution < -0.4 is 18.9 Å². The van der Waals surface area contributed by atoms with E-state index in [2.05, 4.69) is 0 Å². The van der Waals surface area contributed by atoms with E-state index in [1.54, 1.807) is 52.7 Å². The van der Waals surface area contributed by atoms with E-state index in [9.17, 15) is 0 Å². The Morgan fingerprint density at radius 2 is 0.818 bits per heavy atom. The molecule has 0 saturated heterocycles. The summed E-state index contributed by atoms with van der Waals surface area (Å²) >= 11 is 0. The fourth-order valence-electron chi connectivity index (χ4n) is 3.80. The molecule has 0 heterocycles. The Morgan fingerprint density at radius 1 is 0.424 bits per heavy atom. The van der Waals surface area contributed by atoms with Gasteiger partial charge in [-0.1, -0.05) is 48.5 Å². The Bertz CT molecular complexity index is 1270. The van der Waals surface area contributed by atoms with Crippen molar-refractivity contribution in [3.63, 3.8) is 0 Å². The average molecular weight is 445 g/mol. The van der Waals surface area contributed by atoms with Crippen LogP contribution in [0.15, 0.2) is 78.9 Å². The SMILES string of the molecule is COc1ccc(-c2ccc(-c3ccc(-c4ccc(OC)c(OC)c4)c(F)c3)cc2)cc1OC. The van der Waals surface area contributed by atoms with Crippen molar-refractivity contribution in [2.24, 2.45) is 0 Å². The predicted molar refractivity (Wildman–Crippen MR) is 129 cm³/mol. The Labute approximate surface area is 193 Å². The first-order valence-electron chi connectivity index (χ1n) is 10.4. The van der Waals surface area contributed by atoms with Crippen LogP contribution in [0.1, 0.15) is 0 Å². The second-order valence-electron chi connectivity index (χ2n) is 7.41. The smallest absolute Gasteiger partial charge is 0.161 e. The highest BCUT2D eigenvalue weighted by molar-refractivity contribution is 5.75. The van der Waals surface area contributed by atoms with Gasteiger partial charge in [0.15, 0.2) is 23.0 Å². The molecule has 4 nitrogen and oxygen atoms in total. The van der Waals surface area contributed by atoms with Gasteiger partial charge in [0.2, 0.25) is 0 Å². The van der Waals surface area contributed by atoms with Crippen molar-refractivity contribution < 1.29 is 23.3 Å². The van der Waals surface area contributed by atoms with Gasteiger partial charge in [-0.15, -0.1) is 0 Å². The van der Waals surface area contributed by atoms with E-state index < -0.39 is 0 Å². The Kier molecular flexibility index (Phi) is 6.50. The summed E-state index contributed by atoms with van der Waals surface area (Å²) in [6.07, 6.45) is 0. The summed E-state index contributed by atoms with van der Waals surface area (Å²) in [4.78, 5) is 0. The van der Waals surface area contributed by atoms with E-state index in [1.165, 1.54) is 0 Å². The number of methoxy groups -OCH3 is 4. The molecule has 4 rings (SSSR count). The van der Waals surface area contributed by atoms with E-state index in [1.807, 2.05) is 54.6 Å². The van der Waals surface area contributed by atoms with Gasteiger partial charge in [0, 0.05) is 5.56 Å². The number of hydrogen-bond acceptors (Lipinski definition) is 4. The minimum absolute atomic E-state index is 0.302. The number of halogens is 1. The second kappa shape index (κ2) is 9.65. The van der Waals surface area contributed by atoms with Gasteiger partial charge in [-0.3, -0.25) is 0 Å². The van der Waals surface area contributed by atoms with Gasteiger partial charge in [0.1, 0.15) is 5.82 Å². The molecular formula is C28H25FO4. The molecule has 0 spiro atoms. The lowest BCUT2D eigenvalue weighted by atomic mass is 9.97. The van der Waals surface area contributed by atoms with Gasteiger partial charge in [0.25, 0.3) is 0 Å². The van der Waals surface area contributed by atoms with Gasteiger partial charge < -0.3 is 18.9 Å². The first-order chi connectivity index (χ1) is 16.1. The molecule has 4 aromatic rings. The third-order valence-corrected chi connectivity index (χ3v) is 5.60. The number of benzene rings is 4. The van der Waals surface area contributed by atoms with Gasteiger partial charge >= 0.3 is 0 Å². The summed E-state index contributed by atoms with van der Waals surface area (Å²) in [5.74, 6) is 2.22. The van der Waals surface area contributed by atoms with Crippen LogP contribution in [0, 0.1) is 5.82 Å². The minimum Gasteiger partial charge on any atom is -0.493 e. The molecule has 0 amide bonds. The summed E-state index contributed by atoms with van der Waals surface area (Å²) < 4.78 is 36.4. The molecule has 4 aromatic carbocycles. The minimum atomic E-state index is -0.302. The number of rotatable bonds is 7. The zero-order valence-electron chi connectivity index (χ0n) is 19.0. The Morgan fingerprint density at radius 3 is 1.30 bits per heavy atom. The molecule has 0 bridgehead atoms. The fourth-order valence-corrected chi connectivity index (χ4v) is 3.80. The van der Waals surface area contributed by atoms with Crippen molar-refractivity contribution in [2.45, 2.75) is 0 Å². The lowest BCUT2D eigenvalue weighted by Gasteiger charge is -2.12. The maximum absolute atomic E-state index is 15.0. The molecule has 0 N–H and O–H groups in total. The van der Waals surface area contributed by atoms with Crippen LogP contribution in [0.3, 0.4) is 0 Å². The predicted octanol–water partition coefficient (Wildman–Crippen LogP) is 6.86. The molecule has 0 aliphatic heterocycles. The molecule has 0 unspecified atom stereocenters. The molecule has 0 aliphatic rings. The Balaban J connectivity index is 1.61. The molecule has 0 aromatic heterocycles. The van der Waals surface area contributed by atoms with Crippen molar-refractivity contribution >= 4 is 0 Å². The number of ether oxygens (including phenoxy) is 4. The van der Waals surface area contributed by atoms with Crippen LogP contribution >= 0.6 is 0 Å². The topological polar surface area (TPSA) is 36.9 Å². The molecule has 168 valence electrons. The summed E-state index contributed by atoms with van der Waals surface area (Å²) in [5, 5.41) is 0. The monoisotopic (exact) mass is 444 g/mol. The van der Waals surface area contributed by atoms with Gasteiger partial charge in [-0.05, 0) is 58.1 Å². The molecule has 33 heavy (non-hydrogen) atoms. The summed E-state index contributed by atoms with van der Waals surface area (Å²) in [6, 6.07) is 24.4. The first kappa shape index (κ1) is 22.2. The highest BCUT2D eigenvalue weighted by Gasteiger charge is 2.12. The quantitative estimate of drug-likeness (QED) is 0.312. The van der Waals surface area contributed by atoms with Crippen LogP contribution in [0.25, 0.3) is 33.4 Å². The molecular weight excluding hydrogens is 419 g/mol. The second-order valence-corrected chi connectivity index (χ2v) is 7.41. The zero-order chi connectivity index (χ0) is 23.4. The van der Waals surface area contributed by atoms with Crippen molar-refractivity contribution in [1.29, 1.82) is 0 Å². The molecule has 0 radical (unpaired) electrons. The Hall–Kier alpha value is -3.99. The van der Waals surface area contributed by atoms with E-state index in [0.29, 0.717) is 28.6 Å². The van der Waals surface area contributed by atoms with Crippen molar-refractivity contribution in [3.8, 4) is 56.4 Å². The first-order valence-corrected chi connectivity index (χ1v) is 10.4. The van der Waals surface area contributed by atoms with Crippen LogP contribution in [0.2, 0.25) is 0 Å². The van der Waals surface area contributed by atoms with Crippen LogP contribution in [0.4, 0.5) is 4.39 Å². The van der Waals surface area contributed by atoms with Crippen LogP contribution in [0.5, 0.6) is 23.0 Å². The van der Waals surface area contributed by atoms with Gasteiger partial charge in [-0.2, -0.15) is 0 Å². The van der Waals surface area contributed by atoms with Crippen LogP contribution in [-0.2, 0) is 0 Å². The average Bonchev–Trinajstić information content (AvgIpc) is 2.87. The highest BCUT2D eigenvalue weighted by atomic mass is 19.1. The van der Waals surface area contributed by atoms with Gasteiger partial charge in [0.05, 0.1) is 28.4 Å².